The Morgan fingerprint density at radius 1 is 1.11 bits per heavy atom. The molecular weight excluding hydrogens is 122 g/mol. The normalized spacial score (nSPS) is 8.00. The molecule has 2 amide bonds. The van der Waals surface area contributed by atoms with Crippen molar-refractivity contribution in [2.45, 2.75) is 0 Å². The second-order valence-electron chi connectivity index (χ2n) is 1.03. The predicted molar refractivity (Wildman–Crippen MR) is 29.7 cm³/mol. The van der Waals surface area contributed by atoms with E-state index in [4.69, 9.17) is 0 Å². The highest BCUT2D eigenvalue weighted by Crippen LogP contribution is 1.60. The van der Waals surface area contributed by atoms with Crippen molar-refractivity contribution in [2.75, 3.05) is 0 Å². The second kappa shape index (κ2) is 3.96. The zero-order valence-corrected chi connectivity index (χ0v) is 4.38. The molecule has 0 unspecified atom stereocenters. The maximum atomic E-state index is 9.77. The number of hydrogen-bond donors (Lipinski definition) is 2. The van der Waals surface area contributed by atoms with Gasteiger partial charge in [0.05, 0.1) is 0 Å². The van der Waals surface area contributed by atoms with E-state index in [2.05, 4.69) is 20.6 Å². The lowest BCUT2D eigenvalue weighted by molar-refractivity contribution is 0.0161. The van der Waals surface area contributed by atoms with E-state index < -0.39 is 11.6 Å². The summed E-state index contributed by atoms with van der Waals surface area (Å²) >= 11 is 0. The van der Waals surface area contributed by atoms with Crippen molar-refractivity contribution in [2.24, 2.45) is 0 Å². The van der Waals surface area contributed by atoms with Crippen molar-refractivity contribution in [3.8, 4) is 0 Å². The molecule has 0 bridgehead atoms. The predicted octanol–water partition coefficient (Wildman–Crippen LogP) is -1.41. The van der Waals surface area contributed by atoms with Gasteiger partial charge in [-0.05, 0) is 0 Å². The highest BCUT2D eigenvalue weighted by Gasteiger charge is 1.89. The van der Waals surface area contributed by atoms with E-state index in [1.165, 1.54) is 0 Å². The van der Waals surface area contributed by atoms with Gasteiger partial charge in [-0.3, -0.25) is 9.59 Å². The molecular formula is C2H2B2N2O3. The summed E-state index contributed by atoms with van der Waals surface area (Å²) in [6, 6.07) is 0. The molecule has 0 aliphatic heterocycles. The highest BCUT2D eigenvalue weighted by molar-refractivity contribution is 6.57. The van der Waals surface area contributed by atoms with Crippen LogP contribution in [-0.4, -0.2) is 27.3 Å². The van der Waals surface area contributed by atoms with Crippen LogP contribution in [0.15, 0.2) is 0 Å². The van der Waals surface area contributed by atoms with Crippen molar-refractivity contribution in [1.82, 2.24) is 11.0 Å². The van der Waals surface area contributed by atoms with E-state index in [9.17, 15) is 9.59 Å². The van der Waals surface area contributed by atoms with Gasteiger partial charge in [0.15, 0.2) is 11.6 Å². The Morgan fingerprint density at radius 3 is 1.67 bits per heavy atom. The monoisotopic (exact) mass is 124 g/mol. The molecule has 2 N–H and O–H groups in total. The number of carbonyl (C=O) groups excluding carboxylic acids is 2. The van der Waals surface area contributed by atoms with Crippen LogP contribution in [0.5, 0.6) is 0 Å². The molecule has 0 heterocycles. The van der Waals surface area contributed by atoms with Gasteiger partial charge in [0.25, 0.3) is 0 Å². The number of hydroxylamine groups is 2. The van der Waals surface area contributed by atoms with Crippen molar-refractivity contribution < 1.29 is 14.5 Å². The van der Waals surface area contributed by atoms with Gasteiger partial charge >= 0.3 is 0 Å². The maximum absolute atomic E-state index is 9.77. The maximum Gasteiger partial charge on any atom is 0.203 e. The molecule has 0 fully saturated rings. The van der Waals surface area contributed by atoms with Crippen molar-refractivity contribution in [1.29, 1.82) is 0 Å². The van der Waals surface area contributed by atoms with Crippen LogP contribution in [0.3, 0.4) is 0 Å². The first-order valence-electron chi connectivity index (χ1n) is 1.89. The molecule has 0 aliphatic carbocycles. The molecule has 44 valence electrons. The number of rotatable bonds is 2. The second-order valence-corrected chi connectivity index (χ2v) is 1.03. The van der Waals surface area contributed by atoms with Crippen LogP contribution in [0.2, 0.25) is 0 Å². The minimum absolute atomic E-state index is 0.927. The lowest BCUT2D eigenvalue weighted by Crippen LogP contribution is -2.33. The zero-order chi connectivity index (χ0) is 7.28. The first-order valence-corrected chi connectivity index (χ1v) is 1.89. The molecule has 4 radical (unpaired) electrons. The van der Waals surface area contributed by atoms with Gasteiger partial charge in [-0.15, -0.1) is 0 Å². The minimum Gasteiger partial charge on any atom is -0.287 e. The zero-order valence-electron chi connectivity index (χ0n) is 4.38. The standard InChI is InChI=1S/C2H2B2N2O3/c3-1(7)5-9-6-2(4)8/h(H,5,7)(H,6,8). The molecule has 0 aromatic carbocycles. The highest BCUT2D eigenvalue weighted by atomic mass is 16.8. The number of nitrogens with one attached hydrogen (secondary N) is 2. The fourth-order valence-electron chi connectivity index (χ4n) is 0.126. The van der Waals surface area contributed by atoms with Gasteiger partial charge in [-0.25, -0.2) is 11.0 Å². The first-order chi connectivity index (χ1) is 4.13. The van der Waals surface area contributed by atoms with Crippen LogP contribution in [-0.2, 0) is 4.94 Å². The van der Waals surface area contributed by atoms with Crippen LogP contribution < -0.4 is 11.0 Å². The largest absolute Gasteiger partial charge is 0.287 e. The van der Waals surface area contributed by atoms with Crippen LogP contribution in [0.1, 0.15) is 0 Å². The van der Waals surface area contributed by atoms with Crippen LogP contribution in [0.25, 0.3) is 0 Å². The number of amides is 2. The van der Waals surface area contributed by atoms with E-state index >= 15 is 0 Å². The minimum atomic E-state index is -0.927. The summed E-state index contributed by atoms with van der Waals surface area (Å²) in [5, 5.41) is 0. The summed E-state index contributed by atoms with van der Waals surface area (Å²) in [6.07, 6.45) is 0. The summed E-state index contributed by atoms with van der Waals surface area (Å²) in [5.74, 6) is -1.85. The van der Waals surface area contributed by atoms with Crippen molar-refractivity contribution in [3.63, 3.8) is 0 Å². The Kier molecular flexibility index (Phi) is 3.54. The Balaban J connectivity index is 3.10. The van der Waals surface area contributed by atoms with Gasteiger partial charge in [-0.2, -0.15) is 4.94 Å². The van der Waals surface area contributed by atoms with Crippen LogP contribution in [0, 0.1) is 0 Å². The Hall–Kier alpha value is -0.970. The SMILES string of the molecule is [B]C(=O)NONC([B])=O. The molecule has 5 nitrogen and oxygen atoms in total. The molecule has 7 heteroatoms. The topological polar surface area (TPSA) is 67.4 Å². The Morgan fingerprint density at radius 2 is 1.44 bits per heavy atom. The van der Waals surface area contributed by atoms with Gasteiger partial charge in [0.1, 0.15) is 0 Å². The average Bonchev–Trinajstić information content (AvgIpc) is 1.63. The summed E-state index contributed by atoms with van der Waals surface area (Å²) in [7, 11) is 9.02. The first kappa shape index (κ1) is 8.03. The van der Waals surface area contributed by atoms with Crippen molar-refractivity contribution >= 4 is 27.3 Å². The average molecular weight is 124 g/mol. The lowest BCUT2D eigenvalue weighted by Gasteiger charge is -2.00. The van der Waals surface area contributed by atoms with Gasteiger partial charge in [-0.1, -0.05) is 0 Å². The lowest BCUT2D eigenvalue weighted by atomic mass is 10.1. The molecule has 0 spiro atoms. The molecule has 0 aliphatic rings. The van der Waals surface area contributed by atoms with Crippen LogP contribution >= 0.6 is 0 Å². The fourth-order valence-corrected chi connectivity index (χ4v) is 0.126. The molecule has 0 saturated heterocycles. The quantitative estimate of drug-likeness (QED) is 0.350. The Bertz CT molecular complexity index is 113. The summed E-state index contributed by atoms with van der Waals surface area (Å²) in [5.41, 5.74) is 3.21. The van der Waals surface area contributed by atoms with E-state index in [-0.39, 0.29) is 0 Å². The third-order valence-electron chi connectivity index (χ3n) is 0.303. The van der Waals surface area contributed by atoms with E-state index in [0.29, 0.717) is 0 Å². The van der Waals surface area contributed by atoms with E-state index in [0.717, 1.165) is 0 Å². The van der Waals surface area contributed by atoms with E-state index in [1.54, 1.807) is 11.0 Å². The molecule has 9 heavy (non-hydrogen) atoms. The molecule has 0 aromatic rings. The number of carbonyl (C=O) groups is 2. The van der Waals surface area contributed by atoms with Gasteiger partial charge < -0.3 is 0 Å². The van der Waals surface area contributed by atoms with Crippen LogP contribution in [0.4, 0.5) is 9.59 Å². The smallest absolute Gasteiger partial charge is 0.203 e. The summed E-state index contributed by atoms with van der Waals surface area (Å²) < 4.78 is 0. The van der Waals surface area contributed by atoms with Crippen molar-refractivity contribution in [3.05, 3.63) is 0 Å². The molecule has 0 aromatic heterocycles. The van der Waals surface area contributed by atoms with Gasteiger partial charge in [0, 0.05) is 0 Å². The van der Waals surface area contributed by atoms with E-state index in [1.807, 2.05) is 0 Å². The third-order valence-corrected chi connectivity index (χ3v) is 0.303. The summed E-state index contributed by atoms with van der Waals surface area (Å²) in [4.78, 5) is 23.5. The third kappa shape index (κ3) is 7.03. The summed E-state index contributed by atoms with van der Waals surface area (Å²) in [6.45, 7) is 0. The molecule has 0 saturated carbocycles. The number of hydrogen-bond acceptors (Lipinski definition) is 3. The van der Waals surface area contributed by atoms with Gasteiger partial charge in [0.2, 0.25) is 15.7 Å². The Labute approximate surface area is 53.9 Å². The molecule has 0 atom stereocenters. The fraction of sp³-hybridized carbons (Fsp3) is 0. The molecule has 0 rings (SSSR count).